The third-order valence-corrected chi connectivity index (χ3v) is 4.43. The molecule has 1 amide bonds. The zero-order chi connectivity index (χ0) is 14.8. The number of carbonyl (C=O) groups is 1. The molecule has 0 aliphatic heterocycles. The summed E-state index contributed by atoms with van der Waals surface area (Å²) in [5.74, 6) is -0.969. The molecule has 5 N–H and O–H groups in total. The van der Waals surface area contributed by atoms with Crippen molar-refractivity contribution in [3.8, 4) is 0 Å². The van der Waals surface area contributed by atoms with Gasteiger partial charge in [0.2, 0.25) is 15.9 Å². The lowest BCUT2D eigenvalue weighted by Crippen LogP contribution is -2.47. The quantitative estimate of drug-likeness (QED) is 0.678. The van der Waals surface area contributed by atoms with E-state index in [1.165, 1.54) is 6.07 Å². The fourth-order valence-electron chi connectivity index (χ4n) is 1.79. The van der Waals surface area contributed by atoms with Gasteiger partial charge in [0.25, 0.3) is 0 Å². The van der Waals surface area contributed by atoms with Crippen molar-refractivity contribution in [3.05, 3.63) is 23.8 Å². The number of rotatable bonds is 5. The second-order valence-corrected chi connectivity index (χ2v) is 6.39. The molecule has 0 aromatic heterocycles. The molecule has 0 aliphatic carbocycles. The van der Waals surface area contributed by atoms with Gasteiger partial charge >= 0.3 is 0 Å². The highest BCUT2D eigenvalue weighted by molar-refractivity contribution is 7.89. The zero-order valence-electron chi connectivity index (χ0n) is 11.2. The number of hydrogen-bond acceptors (Lipinski definition) is 4. The molecule has 0 radical (unpaired) electrons. The fourth-order valence-corrected chi connectivity index (χ4v) is 3.50. The van der Waals surface area contributed by atoms with Crippen LogP contribution in [-0.2, 0) is 14.8 Å². The topological polar surface area (TPSA) is 115 Å². The number of nitrogens with two attached hydrogens (primary N) is 2. The lowest BCUT2D eigenvalue weighted by atomic mass is 10.1. The SMILES string of the molecule is Cc1cccc(N)c1S(=O)(=O)NC(C(N)=O)C(C)C. The Morgan fingerprint density at radius 3 is 2.32 bits per heavy atom. The van der Waals surface area contributed by atoms with Crippen LogP contribution in [0.15, 0.2) is 23.1 Å². The van der Waals surface area contributed by atoms with Crippen LogP contribution in [-0.4, -0.2) is 20.4 Å². The monoisotopic (exact) mass is 285 g/mol. The van der Waals surface area contributed by atoms with Gasteiger partial charge in [-0.25, -0.2) is 8.42 Å². The summed E-state index contributed by atoms with van der Waals surface area (Å²) in [7, 11) is -3.89. The Kier molecular flexibility index (Phi) is 4.54. The largest absolute Gasteiger partial charge is 0.398 e. The number of nitrogen functional groups attached to an aromatic ring is 1. The van der Waals surface area contributed by atoms with E-state index in [0.717, 1.165) is 0 Å². The predicted octanol–water partition coefficient (Wildman–Crippen LogP) is 0.365. The van der Waals surface area contributed by atoms with Gasteiger partial charge in [0.1, 0.15) is 10.9 Å². The molecule has 1 rings (SSSR count). The van der Waals surface area contributed by atoms with Gasteiger partial charge in [-0.05, 0) is 24.5 Å². The zero-order valence-corrected chi connectivity index (χ0v) is 12.0. The number of sulfonamides is 1. The number of amides is 1. The Bertz CT molecular complexity index is 562. The summed E-state index contributed by atoms with van der Waals surface area (Å²) in [6, 6.07) is 3.83. The van der Waals surface area contributed by atoms with E-state index in [0.29, 0.717) is 5.56 Å². The molecule has 19 heavy (non-hydrogen) atoms. The van der Waals surface area contributed by atoms with Crippen LogP contribution in [0.3, 0.4) is 0 Å². The number of primary amides is 1. The van der Waals surface area contributed by atoms with Gasteiger partial charge in [-0.3, -0.25) is 4.79 Å². The first-order valence-electron chi connectivity index (χ1n) is 5.83. The minimum atomic E-state index is -3.89. The van der Waals surface area contributed by atoms with Gasteiger partial charge < -0.3 is 11.5 Å². The van der Waals surface area contributed by atoms with Crippen molar-refractivity contribution in [2.45, 2.75) is 31.7 Å². The summed E-state index contributed by atoms with van der Waals surface area (Å²) in [5, 5.41) is 0. The second-order valence-electron chi connectivity index (χ2n) is 4.74. The number of hydrogen-bond donors (Lipinski definition) is 3. The van der Waals surface area contributed by atoms with Gasteiger partial charge in [-0.15, -0.1) is 0 Å². The van der Waals surface area contributed by atoms with E-state index in [9.17, 15) is 13.2 Å². The molecule has 0 bridgehead atoms. The summed E-state index contributed by atoms with van der Waals surface area (Å²) < 4.78 is 26.9. The highest BCUT2D eigenvalue weighted by Crippen LogP contribution is 2.22. The summed E-state index contributed by atoms with van der Waals surface area (Å²) >= 11 is 0. The van der Waals surface area contributed by atoms with Crippen LogP contribution < -0.4 is 16.2 Å². The number of benzene rings is 1. The predicted molar refractivity (Wildman–Crippen MR) is 73.7 cm³/mol. The van der Waals surface area contributed by atoms with Gasteiger partial charge in [0.05, 0.1) is 5.69 Å². The highest BCUT2D eigenvalue weighted by Gasteiger charge is 2.28. The summed E-state index contributed by atoms with van der Waals surface area (Å²) in [6.45, 7) is 5.05. The van der Waals surface area contributed by atoms with Crippen LogP contribution in [0.5, 0.6) is 0 Å². The number of nitrogens with one attached hydrogen (secondary N) is 1. The normalized spacial score (nSPS) is 13.5. The van der Waals surface area contributed by atoms with Crippen LogP contribution in [0.1, 0.15) is 19.4 Å². The Morgan fingerprint density at radius 1 is 1.32 bits per heavy atom. The lowest BCUT2D eigenvalue weighted by molar-refractivity contribution is -0.120. The lowest BCUT2D eigenvalue weighted by Gasteiger charge is -2.20. The standard InChI is InChI=1S/C12H19N3O3S/c1-7(2)10(12(14)16)15-19(17,18)11-8(3)5-4-6-9(11)13/h4-7,10,15H,13H2,1-3H3,(H2,14,16). The molecular weight excluding hydrogens is 266 g/mol. The second kappa shape index (κ2) is 5.58. The molecular formula is C12H19N3O3S. The smallest absolute Gasteiger partial charge is 0.243 e. The molecule has 0 saturated heterocycles. The summed E-state index contributed by atoms with van der Waals surface area (Å²) in [4.78, 5) is 11.3. The van der Waals surface area contributed by atoms with Crippen molar-refractivity contribution in [1.82, 2.24) is 4.72 Å². The van der Waals surface area contributed by atoms with Gasteiger partial charge in [-0.2, -0.15) is 4.72 Å². The first-order chi connectivity index (χ1) is 8.66. The Hall–Kier alpha value is -1.60. The van der Waals surface area contributed by atoms with Crippen molar-refractivity contribution >= 4 is 21.6 Å². The number of carbonyl (C=O) groups excluding carboxylic acids is 1. The summed E-state index contributed by atoms with van der Waals surface area (Å²) in [6.07, 6.45) is 0. The molecule has 0 fully saturated rings. The van der Waals surface area contributed by atoms with Gasteiger partial charge in [-0.1, -0.05) is 26.0 Å². The van der Waals surface area contributed by atoms with E-state index in [2.05, 4.69) is 4.72 Å². The van der Waals surface area contributed by atoms with E-state index in [-0.39, 0.29) is 16.5 Å². The maximum Gasteiger partial charge on any atom is 0.243 e. The van der Waals surface area contributed by atoms with Crippen LogP contribution in [0.4, 0.5) is 5.69 Å². The number of aryl methyl sites for hydroxylation is 1. The molecule has 0 heterocycles. The average molecular weight is 285 g/mol. The Morgan fingerprint density at radius 2 is 1.89 bits per heavy atom. The molecule has 0 saturated carbocycles. The molecule has 1 atom stereocenters. The summed E-state index contributed by atoms with van der Waals surface area (Å²) in [5.41, 5.74) is 11.6. The first-order valence-corrected chi connectivity index (χ1v) is 7.32. The number of anilines is 1. The van der Waals surface area contributed by atoms with E-state index >= 15 is 0 Å². The van der Waals surface area contributed by atoms with Crippen LogP contribution in [0, 0.1) is 12.8 Å². The Balaban J connectivity index is 3.22. The minimum absolute atomic E-state index is 0.0121. The van der Waals surface area contributed by atoms with Crippen molar-refractivity contribution in [1.29, 1.82) is 0 Å². The highest BCUT2D eigenvalue weighted by atomic mass is 32.2. The van der Waals surface area contributed by atoms with E-state index in [1.807, 2.05) is 0 Å². The van der Waals surface area contributed by atoms with Gasteiger partial charge in [0.15, 0.2) is 0 Å². The molecule has 1 aromatic carbocycles. The maximum atomic E-state index is 12.3. The molecule has 1 unspecified atom stereocenters. The third kappa shape index (κ3) is 3.45. The molecule has 0 spiro atoms. The van der Waals surface area contributed by atoms with Crippen molar-refractivity contribution in [2.75, 3.05) is 5.73 Å². The Labute approximate surface area is 113 Å². The fraction of sp³-hybridized carbons (Fsp3) is 0.417. The molecule has 0 aliphatic rings. The van der Waals surface area contributed by atoms with E-state index in [1.54, 1.807) is 32.9 Å². The third-order valence-electron chi connectivity index (χ3n) is 2.77. The van der Waals surface area contributed by atoms with Crippen LogP contribution in [0.25, 0.3) is 0 Å². The van der Waals surface area contributed by atoms with Crippen LogP contribution in [0.2, 0.25) is 0 Å². The molecule has 1 aromatic rings. The average Bonchev–Trinajstić information content (AvgIpc) is 2.24. The van der Waals surface area contributed by atoms with E-state index in [4.69, 9.17) is 11.5 Å². The van der Waals surface area contributed by atoms with Gasteiger partial charge in [0, 0.05) is 0 Å². The molecule has 106 valence electrons. The molecule has 6 nitrogen and oxygen atoms in total. The molecule has 7 heteroatoms. The maximum absolute atomic E-state index is 12.3. The van der Waals surface area contributed by atoms with Crippen molar-refractivity contribution in [3.63, 3.8) is 0 Å². The van der Waals surface area contributed by atoms with Crippen LogP contribution >= 0.6 is 0 Å². The first kappa shape index (κ1) is 15.5. The van der Waals surface area contributed by atoms with E-state index < -0.39 is 22.0 Å². The van der Waals surface area contributed by atoms with Crippen molar-refractivity contribution in [2.24, 2.45) is 11.7 Å². The minimum Gasteiger partial charge on any atom is -0.398 e. The van der Waals surface area contributed by atoms with Crippen molar-refractivity contribution < 1.29 is 13.2 Å².